The first-order valence-corrected chi connectivity index (χ1v) is 6.80. The number of rotatable bonds is 4. The molecule has 0 spiro atoms. The van der Waals surface area contributed by atoms with Crippen LogP contribution in [0.5, 0.6) is 0 Å². The number of carbonyl (C=O) groups excluding carboxylic acids is 1. The second-order valence-electron chi connectivity index (χ2n) is 5.67. The molecule has 15 heavy (non-hydrogen) atoms. The number of ketones is 1. The largest absolute Gasteiger partial charge is 0.299 e. The summed E-state index contributed by atoms with van der Waals surface area (Å²) in [7, 11) is 0. The van der Waals surface area contributed by atoms with Crippen LogP contribution in [-0.2, 0) is 4.79 Å². The van der Waals surface area contributed by atoms with Crippen LogP contribution >= 0.6 is 0 Å². The predicted octanol–water partition coefficient (Wildman–Crippen LogP) is 3.96. The van der Waals surface area contributed by atoms with E-state index in [1.165, 1.54) is 51.4 Å². The van der Waals surface area contributed by atoms with Gasteiger partial charge in [0.2, 0.25) is 0 Å². The molecule has 2 aliphatic carbocycles. The van der Waals surface area contributed by atoms with Gasteiger partial charge in [0, 0.05) is 12.3 Å². The molecule has 86 valence electrons. The Kier molecular flexibility index (Phi) is 3.82. The van der Waals surface area contributed by atoms with Gasteiger partial charge in [-0.05, 0) is 24.7 Å². The van der Waals surface area contributed by atoms with Gasteiger partial charge in [0.05, 0.1) is 0 Å². The van der Waals surface area contributed by atoms with Crippen LogP contribution in [0.3, 0.4) is 0 Å². The first kappa shape index (κ1) is 11.2. The second kappa shape index (κ2) is 5.14. The molecule has 0 aromatic carbocycles. The zero-order chi connectivity index (χ0) is 10.7. The van der Waals surface area contributed by atoms with E-state index in [9.17, 15) is 4.79 Å². The molecule has 2 saturated carbocycles. The molecule has 0 bridgehead atoms. The van der Waals surface area contributed by atoms with Crippen LogP contribution in [0, 0.1) is 17.8 Å². The Morgan fingerprint density at radius 1 is 1.07 bits per heavy atom. The quantitative estimate of drug-likeness (QED) is 0.683. The van der Waals surface area contributed by atoms with Crippen LogP contribution < -0.4 is 0 Å². The first-order valence-electron chi connectivity index (χ1n) is 6.80. The topological polar surface area (TPSA) is 17.1 Å². The molecule has 0 amide bonds. The van der Waals surface area contributed by atoms with Crippen molar-refractivity contribution in [2.24, 2.45) is 17.8 Å². The van der Waals surface area contributed by atoms with Gasteiger partial charge in [-0.25, -0.2) is 0 Å². The zero-order valence-corrected chi connectivity index (χ0v) is 10.0. The number of hydrogen-bond acceptors (Lipinski definition) is 1. The third-order valence-electron chi connectivity index (χ3n) is 4.54. The van der Waals surface area contributed by atoms with Crippen molar-refractivity contribution in [1.29, 1.82) is 0 Å². The van der Waals surface area contributed by atoms with Gasteiger partial charge in [-0.1, -0.05) is 45.4 Å². The van der Waals surface area contributed by atoms with E-state index in [4.69, 9.17) is 0 Å². The normalized spacial score (nSPS) is 25.9. The molecule has 1 nitrogen and oxygen atoms in total. The summed E-state index contributed by atoms with van der Waals surface area (Å²) in [6.07, 6.45) is 11.3. The highest BCUT2D eigenvalue weighted by atomic mass is 16.1. The smallest absolute Gasteiger partial charge is 0.136 e. The fourth-order valence-corrected chi connectivity index (χ4v) is 3.42. The maximum atomic E-state index is 12.0. The molecule has 0 aromatic heterocycles. The van der Waals surface area contributed by atoms with Gasteiger partial charge in [-0.2, -0.15) is 0 Å². The summed E-state index contributed by atoms with van der Waals surface area (Å²) in [6.45, 7) is 2.29. The zero-order valence-electron chi connectivity index (χ0n) is 10.0. The van der Waals surface area contributed by atoms with Gasteiger partial charge in [0.1, 0.15) is 5.78 Å². The molecule has 2 aliphatic rings. The third-order valence-corrected chi connectivity index (χ3v) is 4.54. The molecular formula is C14H24O. The summed E-state index contributed by atoms with van der Waals surface area (Å²) in [5.41, 5.74) is 0. The standard InChI is InChI=1S/C14H24O/c1-11(12-6-2-3-7-12)10-14(15)13-8-4-5-9-13/h11-13H,2-10H2,1H3/t11-/m0/s1. The van der Waals surface area contributed by atoms with Gasteiger partial charge in [0.25, 0.3) is 0 Å². The lowest BCUT2D eigenvalue weighted by Gasteiger charge is -2.19. The highest BCUT2D eigenvalue weighted by Crippen LogP contribution is 2.35. The Morgan fingerprint density at radius 3 is 2.20 bits per heavy atom. The van der Waals surface area contributed by atoms with Crippen LogP contribution in [0.25, 0.3) is 0 Å². The van der Waals surface area contributed by atoms with E-state index < -0.39 is 0 Å². The summed E-state index contributed by atoms with van der Waals surface area (Å²) in [5.74, 6) is 2.52. The fraction of sp³-hybridized carbons (Fsp3) is 0.929. The van der Waals surface area contributed by atoms with Crippen LogP contribution in [0.2, 0.25) is 0 Å². The van der Waals surface area contributed by atoms with Gasteiger partial charge < -0.3 is 0 Å². The van der Waals surface area contributed by atoms with Crippen molar-refractivity contribution < 1.29 is 4.79 Å². The minimum atomic E-state index is 0.439. The Balaban J connectivity index is 1.77. The Bertz CT molecular complexity index is 209. The van der Waals surface area contributed by atoms with Gasteiger partial charge in [-0.3, -0.25) is 4.79 Å². The van der Waals surface area contributed by atoms with Crippen molar-refractivity contribution in [3.63, 3.8) is 0 Å². The lowest BCUT2D eigenvalue weighted by Crippen LogP contribution is -2.18. The minimum Gasteiger partial charge on any atom is -0.299 e. The Morgan fingerprint density at radius 2 is 1.60 bits per heavy atom. The molecule has 0 aliphatic heterocycles. The van der Waals surface area contributed by atoms with E-state index in [0.717, 1.165) is 12.3 Å². The lowest BCUT2D eigenvalue weighted by atomic mass is 9.85. The van der Waals surface area contributed by atoms with E-state index in [2.05, 4.69) is 6.92 Å². The lowest BCUT2D eigenvalue weighted by molar-refractivity contribution is -0.123. The maximum Gasteiger partial charge on any atom is 0.136 e. The molecule has 0 aromatic rings. The molecule has 0 heterocycles. The van der Waals surface area contributed by atoms with Crippen LogP contribution in [0.1, 0.15) is 64.7 Å². The third kappa shape index (κ3) is 2.83. The fourth-order valence-electron chi connectivity index (χ4n) is 3.42. The summed E-state index contributed by atoms with van der Waals surface area (Å²) in [6, 6.07) is 0. The molecule has 0 radical (unpaired) electrons. The van der Waals surface area contributed by atoms with Crippen molar-refractivity contribution in [1.82, 2.24) is 0 Å². The van der Waals surface area contributed by atoms with Crippen molar-refractivity contribution in [2.75, 3.05) is 0 Å². The van der Waals surface area contributed by atoms with Gasteiger partial charge in [0.15, 0.2) is 0 Å². The van der Waals surface area contributed by atoms with E-state index in [1.54, 1.807) is 0 Å². The monoisotopic (exact) mass is 208 g/mol. The first-order chi connectivity index (χ1) is 7.27. The van der Waals surface area contributed by atoms with Crippen LogP contribution in [0.15, 0.2) is 0 Å². The molecule has 0 unspecified atom stereocenters. The molecule has 2 rings (SSSR count). The molecule has 0 N–H and O–H groups in total. The second-order valence-corrected chi connectivity index (χ2v) is 5.67. The van der Waals surface area contributed by atoms with E-state index in [1.807, 2.05) is 0 Å². The average Bonchev–Trinajstić information content (AvgIpc) is 2.91. The van der Waals surface area contributed by atoms with Crippen molar-refractivity contribution >= 4 is 5.78 Å². The number of Topliss-reactive ketones (excluding diaryl/α,β-unsaturated/α-hetero) is 1. The Labute approximate surface area is 93.6 Å². The summed E-state index contributed by atoms with van der Waals surface area (Å²) >= 11 is 0. The van der Waals surface area contributed by atoms with Crippen LogP contribution in [0.4, 0.5) is 0 Å². The van der Waals surface area contributed by atoms with Crippen molar-refractivity contribution in [2.45, 2.75) is 64.7 Å². The van der Waals surface area contributed by atoms with Crippen molar-refractivity contribution in [3.8, 4) is 0 Å². The Hall–Kier alpha value is -0.330. The summed E-state index contributed by atoms with van der Waals surface area (Å²) in [5, 5.41) is 0. The molecule has 1 heteroatoms. The SMILES string of the molecule is C[C@@H](CC(=O)C1CCCC1)C1CCCC1. The molecule has 2 fully saturated rings. The van der Waals surface area contributed by atoms with Gasteiger partial charge in [-0.15, -0.1) is 0 Å². The van der Waals surface area contributed by atoms with Crippen LogP contribution in [-0.4, -0.2) is 5.78 Å². The molecular weight excluding hydrogens is 184 g/mol. The maximum absolute atomic E-state index is 12.0. The highest BCUT2D eigenvalue weighted by molar-refractivity contribution is 5.81. The minimum absolute atomic E-state index is 0.439. The van der Waals surface area contributed by atoms with Gasteiger partial charge >= 0.3 is 0 Å². The predicted molar refractivity (Wildman–Crippen MR) is 62.7 cm³/mol. The summed E-state index contributed by atoms with van der Waals surface area (Å²) in [4.78, 5) is 12.0. The van der Waals surface area contributed by atoms with E-state index in [0.29, 0.717) is 17.6 Å². The molecule has 0 saturated heterocycles. The summed E-state index contributed by atoms with van der Waals surface area (Å²) < 4.78 is 0. The molecule has 1 atom stereocenters. The number of hydrogen-bond donors (Lipinski definition) is 0. The van der Waals surface area contributed by atoms with E-state index in [-0.39, 0.29) is 0 Å². The average molecular weight is 208 g/mol. The van der Waals surface area contributed by atoms with Crippen molar-refractivity contribution in [3.05, 3.63) is 0 Å². The highest BCUT2D eigenvalue weighted by Gasteiger charge is 2.27. The number of carbonyl (C=O) groups is 1. The van der Waals surface area contributed by atoms with E-state index >= 15 is 0 Å².